The third kappa shape index (κ3) is 2.38. The monoisotopic (exact) mass is 354 g/mol. The first-order valence-corrected chi connectivity index (χ1v) is 12.2. The van der Waals surface area contributed by atoms with E-state index in [4.69, 9.17) is 0 Å². The highest BCUT2D eigenvalue weighted by Crippen LogP contribution is 2.73. The lowest BCUT2D eigenvalue weighted by Crippen LogP contribution is -2.56. The molecule has 8 fully saturated rings. The predicted octanol–water partition coefficient (Wildman–Crippen LogP) is 7.76. The molecule has 0 aromatic rings. The summed E-state index contributed by atoms with van der Waals surface area (Å²) < 4.78 is 0. The first-order valence-electron chi connectivity index (χ1n) is 12.2. The lowest BCUT2D eigenvalue weighted by atomic mass is 9.38. The summed E-state index contributed by atoms with van der Waals surface area (Å²) >= 11 is 0. The average Bonchev–Trinajstić information content (AvgIpc) is 2.49. The summed E-state index contributed by atoms with van der Waals surface area (Å²) in [6.45, 7) is 7.86. The molecule has 0 aromatic carbocycles. The number of rotatable bonds is 4. The van der Waals surface area contributed by atoms with Crippen molar-refractivity contribution in [1.82, 2.24) is 0 Å². The molecule has 8 saturated carbocycles. The Bertz CT molecular complexity index is 604. The van der Waals surface area contributed by atoms with Crippen molar-refractivity contribution in [3.63, 3.8) is 0 Å². The van der Waals surface area contributed by atoms with Crippen molar-refractivity contribution >= 4 is 0 Å². The van der Waals surface area contributed by atoms with E-state index in [2.05, 4.69) is 20.8 Å². The summed E-state index contributed by atoms with van der Waals surface area (Å²) in [5, 5.41) is 0. The van der Waals surface area contributed by atoms with Gasteiger partial charge < -0.3 is 0 Å². The molecule has 0 N–H and O–H groups in total. The van der Waals surface area contributed by atoms with E-state index in [9.17, 15) is 0 Å². The minimum absolute atomic E-state index is 0.711. The van der Waals surface area contributed by atoms with Gasteiger partial charge in [0.15, 0.2) is 0 Å². The van der Waals surface area contributed by atoms with Gasteiger partial charge in [-0.15, -0.1) is 0 Å². The molecule has 0 saturated heterocycles. The maximum Gasteiger partial charge on any atom is -0.0284 e. The molecule has 0 spiro atoms. The summed E-state index contributed by atoms with van der Waals surface area (Å²) in [4.78, 5) is 0. The Morgan fingerprint density at radius 1 is 0.577 bits per heavy atom. The molecule has 8 rings (SSSR count). The smallest absolute Gasteiger partial charge is 0.0284 e. The van der Waals surface area contributed by atoms with Gasteiger partial charge in [-0.1, -0.05) is 27.2 Å². The van der Waals surface area contributed by atoms with Gasteiger partial charge in [-0.05, 0) is 135 Å². The van der Waals surface area contributed by atoms with Crippen LogP contribution in [-0.2, 0) is 0 Å². The van der Waals surface area contributed by atoms with E-state index in [-0.39, 0.29) is 0 Å². The Balaban J connectivity index is 1.25. The molecular weight excluding hydrogens is 312 g/mol. The third-order valence-electron chi connectivity index (χ3n) is 11.0. The van der Waals surface area contributed by atoms with Gasteiger partial charge in [0.25, 0.3) is 0 Å². The van der Waals surface area contributed by atoms with E-state index in [1.54, 1.807) is 89.9 Å². The molecule has 146 valence electrons. The summed E-state index contributed by atoms with van der Waals surface area (Å²) in [5.41, 5.74) is 3.74. The van der Waals surface area contributed by atoms with Gasteiger partial charge in [-0.3, -0.25) is 0 Å². The van der Waals surface area contributed by atoms with Gasteiger partial charge >= 0.3 is 0 Å². The quantitative estimate of drug-likeness (QED) is 0.484. The van der Waals surface area contributed by atoms with Gasteiger partial charge in [0.1, 0.15) is 0 Å². The van der Waals surface area contributed by atoms with Gasteiger partial charge in [0, 0.05) is 0 Å². The minimum atomic E-state index is 0.711. The van der Waals surface area contributed by atoms with E-state index in [0.29, 0.717) is 5.41 Å². The fourth-order valence-electron chi connectivity index (χ4n) is 11.8. The van der Waals surface area contributed by atoms with Crippen LogP contribution in [0.3, 0.4) is 0 Å². The number of hydrogen-bond acceptors (Lipinski definition) is 0. The number of hydrogen-bond donors (Lipinski definition) is 0. The van der Waals surface area contributed by atoms with Crippen LogP contribution in [0.2, 0.25) is 0 Å². The second-order valence-electron chi connectivity index (χ2n) is 13.9. The predicted molar refractivity (Wildman–Crippen MR) is 109 cm³/mol. The molecule has 0 amide bonds. The zero-order valence-electron chi connectivity index (χ0n) is 17.8. The highest BCUT2D eigenvalue weighted by Gasteiger charge is 2.62. The third-order valence-corrected chi connectivity index (χ3v) is 11.0. The molecule has 6 atom stereocenters. The molecule has 0 aromatic heterocycles. The second-order valence-corrected chi connectivity index (χ2v) is 13.9. The van der Waals surface area contributed by atoms with Crippen molar-refractivity contribution in [2.45, 2.75) is 117 Å². The first kappa shape index (κ1) is 16.9. The summed E-state index contributed by atoms with van der Waals surface area (Å²) in [6.07, 6.45) is 23.8. The van der Waals surface area contributed by atoms with Crippen LogP contribution >= 0.6 is 0 Å². The molecule has 6 unspecified atom stereocenters. The highest BCUT2D eigenvalue weighted by atomic mass is 14.7. The standard InChI is InChI=1S/C26H42/c1-4-24-13-21-10-23(3,16-24)17-26(14-21,18-24)6-5-25-11-19-7-20(12-25)9-22(2,8-19)15-25/h19-21H,4-18H2,1-3H3. The second kappa shape index (κ2) is 4.94. The molecule has 0 heterocycles. The van der Waals surface area contributed by atoms with Crippen LogP contribution in [0.15, 0.2) is 0 Å². The Labute approximate surface area is 162 Å². The minimum Gasteiger partial charge on any atom is -0.0649 e. The van der Waals surface area contributed by atoms with Crippen molar-refractivity contribution < 1.29 is 0 Å². The van der Waals surface area contributed by atoms with Gasteiger partial charge in [-0.25, -0.2) is 0 Å². The normalized spacial score (nSPS) is 62.2. The van der Waals surface area contributed by atoms with Crippen molar-refractivity contribution in [1.29, 1.82) is 0 Å². The van der Waals surface area contributed by atoms with Crippen molar-refractivity contribution in [2.75, 3.05) is 0 Å². The fourth-order valence-corrected chi connectivity index (χ4v) is 11.8. The zero-order valence-corrected chi connectivity index (χ0v) is 17.8. The molecule has 0 radical (unpaired) electrons. The van der Waals surface area contributed by atoms with Crippen LogP contribution in [0.5, 0.6) is 0 Å². The summed E-state index contributed by atoms with van der Waals surface area (Å²) in [7, 11) is 0. The van der Waals surface area contributed by atoms with E-state index >= 15 is 0 Å². The molecule has 8 aliphatic carbocycles. The first-order chi connectivity index (χ1) is 12.2. The van der Waals surface area contributed by atoms with Crippen LogP contribution in [0.4, 0.5) is 0 Å². The molecule has 8 bridgehead atoms. The molecule has 26 heavy (non-hydrogen) atoms. The fraction of sp³-hybridized carbons (Fsp3) is 1.00. The van der Waals surface area contributed by atoms with Crippen molar-refractivity contribution in [3.8, 4) is 0 Å². The average molecular weight is 355 g/mol. The van der Waals surface area contributed by atoms with Crippen molar-refractivity contribution in [2.24, 2.45) is 44.8 Å². The van der Waals surface area contributed by atoms with Gasteiger partial charge in [0.05, 0.1) is 0 Å². The molecular formula is C26H42. The van der Waals surface area contributed by atoms with Crippen molar-refractivity contribution in [3.05, 3.63) is 0 Å². The molecule has 0 nitrogen and oxygen atoms in total. The molecule has 8 aliphatic rings. The highest BCUT2D eigenvalue weighted by molar-refractivity contribution is 5.12. The zero-order chi connectivity index (χ0) is 17.8. The Kier molecular flexibility index (Phi) is 3.21. The van der Waals surface area contributed by atoms with Crippen LogP contribution in [0.25, 0.3) is 0 Å². The largest absolute Gasteiger partial charge is 0.0649 e. The Morgan fingerprint density at radius 3 is 1.77 bits per heavy atom. The Morgan fingerprint density at radius 2 is 1.12 bits per heavy atom. The molecule has 0 aliphatic heterocycles. The van der Waals surface area contributed by atoms with Crippen LogP contribution in [0.1, 0.15) is 117 Å². The summed E-state index contributed by atoms with van der Waals surface area (Å²) in [5.74, 6) is 3.30. The van der Waals surface area contributed by atoms with Crippen LogP contribution in [-0.4, -0.2) is 0 Å². The lowest BCUT2D eigenvalue weighted by molar-refractivity contribution is -0.166. The van der Waals surface area contributed by atoms with E-state index in [1.165, 1.54) is 6.42 Å². The van der Waals surface area contributed by atoms with E-state index in [0.717, 1.165) is 39.4 Å². The van der Waals surface area contributed by atoms with E-state index < -0.39 is 0 Å². The lowest BCUT2D eigenvalue weighted by Gasteiger charge is -2.67. The maximum absolute atomic E-state index is 2.68. The van der Waals surface area contributed by atoms with Crippen LogP contribution < -0.4 is 0 Å². The Hall–Kier alpha value is 0. The SMILES string of the molecule is CCC12CC3CC(C)(C1)CC(CCC14CC5CC(CC(C)(C5)C1)C4)(C3)C2. The summed E-state index contributed by atoms with van der Waals surface area (Å²) in [6, 6.07) is 0. The van der Waals surface area contributed by atoms with E-state index in [1.807, 2.05) is 0 Å². The molecule has 0 heteroatoms. The maximum atomic E-state index is 2.68. The van der Waals surface area contributed by atoms with Gasteiger partial charge in [-0.2, -0.15) is 0 Å². The van der Waals surface area contributed by atoms with Crippen LogP contribution in [0, 0.1) is 44.8 Å². The topological polar surface area (TPSA) is 0 Å². The van der Waals surface area contributed by atoms with Gasteiger partial charge in [0.2, 0.25) is 0 Å².